The maximum absolute atomic E-state index is 4.98. The van der Waals surface area contributed by atoms with Gasteiger partial charge in [0.25, 0.3) is 0 Å². The SMILES string of the molecule is CC(C)c1nc(-c2ccccc2)c2ccc3cc(-c4ccccc4)ccc3c2n1. The average molecular weight is 374 g/mol. The Bertz CT molecular complexity index is 1310. The molecular formula is C27H22N2. The van der Waals surface area contributed by atoms with Gasteiger partial charge in [-0.3, -0.25) is 0 Å². The molecule has 5 aromatic rings. The Morgan fingerprint density at radius 3 is 1.93 bits per heavy atom. The minimum absolute atomic E-state index is 0.265. The van der Waals surface area contributed by atoms with E-state index in [1.165, 1.54) is 21.9 Å². The molecule has 1 aromatic heterocycles. The van der Waals surface area contributed by atoms with Crippen LogP contribution in [0.25, 0.3) is 44.1 Å². The summed E-state index contributed by atoms with van der Waals surface area (Å²) in [6, 6.07) is 31.9. The van der Waals surface area contributed by atoms with Gasteiger partial charge in [-0.25, -0.2) is 9.97 Å². The van der Waals surface area contributed by atoms with E-state index in [2.05, 4.69) is 92.7 Å². The quantitative estimate of drug-likeness (QED) is 0.311. The van der Waals surface area contributed by atoms with E-state index in [1.807, 2.05) is 12.1 Å². The highest BCUT2D eigenvalue weighted by Crippen LogP contribution is 2.34. The zero-order valence-electron chi connectivity index (χ0n) is 16.6. The average Bonchev–Trinajstić information content (AvgIpc) is 2.79. The second kappa shape index (κ2) is 7.14. The summed E-state index contributed by atoms with van der Waals surface area (Å²) in [6.45, 7) is 4.29. The van der Waals surface area contributed by atoms with Crippen molar-refractivity contribution in [1.82, 2.24) is 9.97 Å². The number of hydrogen-bond acceptors (Lipinski definition) is 2. The maximum Gasteiger partial charge on any atom is 0.132 e. The fraction of sp³-hybridized carbons (Fsp3) is 0.111. The van der Waals surface area contributed by atoms with Crippen molar-refractivity contribution in [3.63, 3.8) is 0 Å². The summed E-state index contributed by atoms with van der Waals surface area (Å²) >= 11 is 0. The fourth-order valence-electron chi connectivity index (χ4n) is 3.82. The molecule has 5 rings (SSSR count). The van der Waals surface area contributed by atoms with Gasteiger partial charge in [-0.1, -0.05) is 92.7 Å². The third-order valence-electron chi connectivity index (χ3n) is 5.37. The highest BCUT2D eigenvalue weighted by Gasteiger charge is 2.14. The number of aromatic nitrogens is 2. The van der Waals surface area contributed by atoms with E-state index in [0.29, 0.717) is 0 Å². The first-order chi connectivity index (χ1) is 14.2. The lowest BCUT2D eigenvalue weighted by atomic mass is 9.97. The molecule has 0 aliphatic rings. The molecule has 0 unspecified atom stereocenters. The van der Waals surface area contributed by atoms with E-state index in [1.54, 1.807) is 0 Å². The smallest absolute Gasteiger partial charge is 0.132 e. The Balaban J connectivity index is 1.79. The zero-order chi connectivity index (χ0) is 19.8. The van der Waals surface area contributed by atoms with E-state index < -0.39 is 0 Å². The van der Waals surface area contributed by atoms with Crippen LogP contribution in [0, 0.1) is 0 Å². The Morgan fingerprint density at radius 2 is 1.24 bits per heavy atom. The van der Waals surface area contributed by atoms with Gasteiger partial charge in [0.15, 0.2) is 0 Å². The van der Waals surface area contributed by atoms with Gasteiger partial charge in [-0.2, -0.15) is 0 Å². The molecule has 140 valence electrons. The van der Waals surface area contributed by atoms with Crippen LogP contribution in [-0.2, 0) is 0 Å². The van der Waals surface area contributed by atoms with Crippen LogP contribution in [0.2, 0.25) is 0 Å². The van der Waals surface area contributed by atoms with Gasteiger partial charge in [-0.15, -0.1) is 0 Å². The maximum atomic E-state index is 4.98. The highest BCUT2D eigenvalue weighted by atomic mass is 14.9. The molecule has 4 aromatic carbocycles. The summed E-state index contributed by atoms with van der Waals surface area (Å²) < 4.78 is 0. The van der Waals surface area contributed by atoms with Crippen LogP contribution in [0.15, 0.2) is 91.0 Å². The number of hydrogen-bond donors (Lipinski definition) is 0. The highest BCUT2D eigenvalue weighted by molar-refractivity contribution is 6.10. The molecule has 0 spiro atoms. The molecule has 0 amide bonds. The first-order valence-corrected chi connectivity index (χ1v) is 10.1. The van der Waals surface area contributed by atoms with Crippen molar-refractivity contribution < 1.29 is 0 Å². The molecule has 0 atom stereocenters. The minimum atomic E-state index is 0.265. The lowest BCUT2D eigenvalue weighted by Gasteiger charge is -2.13. The predicted octanol–water partition coefficient (Wildman–Crippen LogP) is 7.24. The summed E-state index contributed by atoms with van der Waals surface area (Å²) in [5.41, 5.74) is 5.61. The van der Waals surface area contributed by atoms with Crippen molar-refractivity contribution in [1.29, 1.82) is 0 Å². The van der Waals surface area contributed by atoms with Crippen LogP contribution < -0.4 is 0 Å². The molecule has 0 aliphatic heterocycles. The number of benzene rings is 4. The summed E-state index contributed by atoms with van der Waals surface area (Å²) in [4.78, 5) is 9.91. The third kappa shape index (κ3) is 3.17. The molecule has 0 aliphatic carbocycles. The van der Waals surface area contributed by atoms with Crippen LogP contribution in [0.3, 0.4) is 0 Å². The van der Waals surface area contributed by atoms with Crippen LogP contribution >= 0.6 is 0 Å². The lowest BCUT2D eigenvalue weighted by molar-refractivity contribution is 0.785. The Labute approximate surface area is 170 Å². The van der Waals surface area contributed by atoms with Crippen LogP contribution in [0.5, 0.6) is 0 Å². The minimum Gasteiger partial charge on any atom is -0.232 e. The van der Waals surface area contributed by atoms with E-state index in [-0.39, 0.29) is 5.92 Å². The van der Waals surface area contributed by atoms with Crippen LogP contribution in [0.4, 0.5) is 0 Å². The van der Waals surface area contributed by atoms with Crippen molar-refractivity contribution in [2.75, 3.05) is 0 Å². The lowest BCUT2D eigenvalue weighted by Crippen LogP contribution is -2.01. The molecule has 0 fully saturated rings. The number of rotatable bonds is 3. The molecule has 1 heterocycles. The molecule has 0 saturated carbocycles. The topological polar surface area (TPSA) is 25.8 Å². The van der Waals surface area contributed by atoms with Gasteiger partial charge in [0.05, 0.1) is 11.2 Å². The normalized spacial score (nSPS) is 11.4. The second-order valence-electron chi connectivity index (χ2n) is 7.71. The van der Waals surface area contributed by atoms with E-state index in [0.717, 1.165) is 28.0 Å². The van der Waals surface area contributed by atoms with Crippen molar-refractivity contribution in [3.8, 4) is 22.4 Å². The zero-order valence-corrected chi connectivity index (χ0v) is 16.6. The van der Waals surface area contributed by atoms with Crippen molar-refractivity contribution in [2.45, 2.75) is 19.8 Å². The first kappa shape index (κ1) is 17.6. The first-order valence-electron chi connectivity index (χ1n) is 10.1. The van der Waals surface area contributed by atoms with Gasteiger partial charge in [0, 0.05) is 22.3 Å². The summed E-state index contributed by atoms with van der Waals surface area (Å²) in [7, 11) is 0. The Hall–Kier alpha value is -3.52. The van der Waals surface area contributed by atoms with Crippen molar-refractivity contribution in [3.05, 3.63) is 96.8 Å². The van der Waals surface area contributed by atoms with Crippen molar-refractivity contribution in [2.24, 2.45) is 0 Å². The van der Waals surface area contributed by atoms with E-state index >= 15 is 0 Å². The summed E-state index contributed by atoms with van der Waals surface area (Å²) in [6.07, 6.45) is 0. The molecule has 0 radical (unpaired) electrons. The van der Waals surface area contributed by atoms with Gasteiger partial charge in [-0.05, 0) is 28.6 Å². The molecule has 0 N–H and O–H groups in total. The summed E-state index contributed by atoms with van der Waals surface area (Å²) in [5, 5.41) is 3.47. The fourth-order valence-corrected chi connectivity index (χ4v) is 3.82. The Kier molecular flexibility index (Phi) is 4.33. The molecule has 2 nitrogen and oxygen atoms in total. The van der Waals surface area contributed by atoms with Gasteiger partial charge in [0.2, 0.25) is 0 Å². The number of fused-ring (bicyclic) bond motifs is 3. The molecule has 0 saturated heterocycles. The van der Waals surface area contributed by atoms with Gasteiger partial charge < -0.3 is 0 Å². The Morgan fingerprint density at radius 1 is 0.586 bits per heavy atom. The molecule has 29 heavy (non-hydrogen) atoms. The standard InChI is InChI=1S/C27H22N2/c1-18(2)27-28-25(20-11-7-4-8-12-20)24-16-14-22-17-21(19-9-5-3-6-10-19)13-15-23(22)26(24)29-27/h3-18H,1-2H3. The van der Waals surface area contributed by atoms with Crippen molar-refractivity contribution >= 4 is 21.7 Å². The van der Waals surface area contributed by atoms with Crippen LogP contribution in [-0.4, -0.2) is 9.97 Å². The molecule has 0 bridgehead atoms. The van der Waals surface area contributed by atoms with E-state index in [9.17, 15) is 0 Å². The number of nitrogens with zero attached hydrogens (tertiary/aromatic N) is 2. The molecule has 2 heteroatoms. The summed E-state index contributed by atoms with van der Waals surface area (Å²) in [5.74, 6) is 1.15. The van der Waals surface area contributed by atoms with Gasteiger partial charge in [0.1, 0.15) is 5.82 Å². The monoisotopic (exact) mass is 374 g/mol. The van der Waals surface area contributed by atoms with Gasteiger partial charge >= 0.3 is 0 Å². The molecular weight excluding hydrogens is 352 g/mol. The second-order valence-corrected chi connectivity index (χ2v) is 7.71. The predicted molar refractivity (Wildman–Crippen MR) is 122 cm³/mol. The largest absolute Gasteiger partial charge is 0.232 e. The van der Waals surface area contributed by atoms with E-state index in [4.69, 9.17) is 9.97 Å². The van der Waals surface area contributed by atoms with Crippen LogP contribution in [0.1, 0.15) is 25.6 Å². The third-order valence-corrected chi connectivity index (χ3v) is 5.37.